The average Bonchev–Trinajstić information content (AvgIpc) is 3.27. The Hall–Kier alpha value is -3.60. The van der Waals surface area contributed by atoms with Crippen molar-refractivity contribution in [2.75, 3.05) is 13.3 Å². The molecule has 0 spiro atoms. The summed E-state index contributed by atoms with van der Waals surface area (Å²) in [4.78, 5) is 32.2. The lowest BCUT2D eigenvalue weighted by Crippen LogP contribution is -2.38. The molecule has 1 atom stereocenters. The van der Waals surface area contributed by atoms with E-state index in [1.807, 2.05) is 37.2 Å². The third-order valence-corrected chi connectivity index (χ3v) is 8.90. The van der Waals surface area contributed by atoms with E-state index in [1.165, 1.54) is 13.3 Å². The second-order valence-electron chi connectivity index (χ2n) is 10.6. The molecular formula is C26H30N6O4S. The van der Waals surface area contributed by atoms with Gasteiger partial charge in [0.1, 0.15) is 5.39 Å². The Morgan fingerprint density at radius 1 is 1.16 bits per heavy atom. The Morgan fingerprint density at radius 2 is 1.92 bits per heavy atom. The van der Waals surface area contributed by atoms with E-state index >= 15 is 0 Å². The summed E-state index contributed by atoms with van der Waals surface area (Å²) >= 11 is 0. The number of sulfone groups is 1. The van der Waals surface area contributed by atoms with Gasteiger partial charge in [-0.25, -0.2) is 13.2 Å². The lowest BCUT2D eigenvalue weighted by atomic mass is 10.1. The number of fused-ring (bicyclic) bond motifs is 2. The fourth-order valence-electron chi connectivity index (χ4n) is 5.39. The standard InChI is InChI=1S/C26H30N6O4S/c1-15-5-8-20-19(9-15)17(11-27-20)13-32-23(21-10-18(14-29(21)2)37(4,35)36)22-24(28-32)31(12-16-6-7-16)26(34)30(3)25(22)33/h5,8-9,11,14,16,21,27H,6-7,10,12-13H2,1-4H3. The zero-order valence-electron chi connectivity index (χ0n) is 21.4. The summed E-state index contributed by atoms with van der Waals surface area (Å²) in [5.41, 5.74) is 3.33. The number of nitrogens with one attached hydrogen (secondary N) is 1. The van der Waals surface area contributed by atoms with Crippen molar-refractivity contribution in [3.8, 4) is 0 Å². The fourth-order valence-corrected chi connectivity index (χ4v) is 6.21. The number of hydrogen-bond donors (Lipinski definition) is 1. The van der Waals surface area contributed by atoms with Gasteiger partial charge in [0.15, 0.2) is 15.5 Å². The molecular weight excluding hydrogens is 492 g/mol. The Morgan fingerprint density at radius 3 is 2.59 bits per heavy atom. The molecule has 3 aromatic heterocycles. The van der Waals surface area contributed by atoms with Crippen LogP contribution in [0.1, 0.15) is 42.1 Å². The van der Waals surface area contributed by atoms with Gasteiger partial charge >= 0.3 is 5.69 Å². The largest absolute Gasteiger partial charge is 0.371 e. The minimum atomic E-state index is -3.40. The number of aromatic nitrogens is 5. The van der Waals surface area contributed by atoms with Crippen LogP contribution < -0.4 is 11.2 Å². The quantitative estimate of drug-likeness (QED) is 0.416. The summed E-state index contributed by atoms with van der Waals surface area (Å²) < 4.78 is 29.3. The van der Waals surface area contributed by atoms with Crippen LogP contribution in [-0.2, 0) is 30.0 Å². The predicted molar refractivity (Wildman–Crippen MR) is 142 cm³/mol. The van der Waals surface area contributed by atoms with Crippen molar-refractivity contribution >= 4 is 31.8 Å². The minimum absolute atomic E-state index is 0.230. The molecule has 1 fully saturated rings. The van der Waals surface area contributed by atoms with E-state index in [9.17, 15) is 18.0 Å². The number of hydrogen-bond acceptors (Lipinski definition) is 6. The van der Waals surface area contributed by atoms with Crippen LogP contribution in [-0.4, -0.2) is 50.5 Å². The third-order valence-electron chi connectivity index (χ3n) is 7.67. The normalized spacial score (nSPS) is 18.3. The number of aryl methyl sites for hydroxylation is 1. The molecule has 0 radical (unpaired) electrons. The molecule has 6 rings (SSSR count). The number of benzene rings is 1. The molecule has 11 heteroatoms. The van der Waals surface area contributed by atoms with E-state index in [0.29, 0.717) is 40.6 Å². The van der Waals surface area contributed by atoms with E-state index in [4.69, 9.17) is 5.10 Å². The van der Waals surface area contributed by atoms with E-state index in [2.05, 4.69) is 11.1 Å². The Bertz CT molecular complexity index is 1830. The van der Waals surface area contributed by atoms with Crippen molar-refractivity contribution < 1.29 is 8.42 Å². The van der Waals surface area contributed by atoms with Crippen molar-refractivity contribution in [1.29, 1.82) is 0 Å². The van der Waals surface area contributed by atoms with Gasteiger partial charge in [0, 0.05) is 56.6 Å². The summed E-state index contributed by atoms with van der Waals surface area (Å²) in [5, 5.41) is 6.31. The van der Waals surface area contributed by atoms with Crippen LogP contribution in [0.4, 0.5) is 0 Å². The fraction of sp³-hybridized carbons (Fsp3) is 0.423. The van der Waals surface area contributed by atoms with Crippen LogP contribution in [0.15, 0.2) is 45.1 Å². The lowest BCUT2D eigenvalue weighted by Gasteiger charge is -2.22. The minimum Gasteiger partial charge on any atom is -0.371 e. The van der Waals surface area contributed by atoms with Gasteiger partial charge in [0.2, 0.25) is 0 Å². The van der Waals surface area contributed by atoms with Gasteiger partial charge in [-0.3, -0.25) is 18.6 Å². The van der Waals surface area contributed by atoms with Crippen LogP contribution >= 0.6 is 0 Å². The molecule has 1 saturated carbocycles. The Balaban J connectivity index is 1.59. The molecule has 1 aromatic carbocycles. The van der Waals surface area contributed by atoms with Gasteiger partial charge < -0.3 is 9.88 Å². The molecule has 2 aliphatic rings. The first-order valence-electron chi connectivity index (χ1n) is 12.4. The highest BCUT2D eigenvalue weighted by Crippen LogP contribution is 2.38. The summed E-state index contributed by atoms with van der Waals surface area (Å²) in [6.07, 6.45) is 7.09. The van der Waals surface area contributed by atoms with Crippen molar-refractivity contribution in [3.05, 3.63) is 73.2 Å². The molecule has 1 aliphatic heterocycles. The highest BCUT2D eigenvalue weighted by Gasteiger charge is 2.35. The van der Waals surface area contributed by atoms with Gasteiger partial charge in [0.25, 0.3) is 5.56 Å². The highest BCUT2D eigenvalue weighted by atomic mass is 32.2. The maximum absolute atomic E-state index is 13.6. The number of H-pyrrole nitrogens is 1. The number of aromatic amines is 1. The summed E-state index contributed by atoms with van der Waals surface area (Å²) in [6, 6.07) is 5.77. The molecule has 0 saturated heterocycles. The van der Waals surface area contributed by atoms with Gasteiger partial charge in [-0.2, -0.15) is 5.10 Å². The van der Waals surface area contributed by atoms with Gasteiger partial charge in [-0.15, -0.1) is 0 Å². The molecule has 10 nitrogen and oxygen atoms in total. The molecule has 1 aliphatic carbocycles. The molecule has 1 N–H and O–H groups in total. The smallest absolute Gasteiger partial charge is 0.332 e. The van der Waals surface area contributed by atoms with Gasteiger partial charge in [-0.1, -0.05) is 11.6 Å². The van der Waals surface area contributed by atoms with Crippen molar-refractivity contribution in [2.45, 2.75) is 45.3 Å². The first kappa shape index (κ1) is 23.8. The Labute approximate surface area is 213 Å². The summed E-state index contributed by atoms with van der Waals surface area (Å²) in [6.45, 7) is 2.92. The van der Waals surface area contributed by atoms with Crippen LogP contribution in [0.5, 0.6) is 0 Å². The second-order valence-corrected chi connectivity index (χ2v) is 12.6. The van der Waals surface area contributed by atoms with Crippen LogP contribution in [0, 0.1) is 12.8 Å². The molecule has 0 amide bonds. The highest BCUT2D eigenvalue weighted by molar-refractivity contribution is 7.94. The SMILES string of the molecule is Cc1ccc2[nH]cc(Cn3nc4c(c3C3CC(S(C)(=O)=O)=CN3C)c(=O)n(C)c(=O)n4CC3CC3)c2c1. The van der Waals surface area contributed by atoms with Gasteiger partial charge in [0.05, 0.1) is 23.2 Å². The monoisotopic (exact) mass is 522 g/mol. The second kappa shape index (κ2) is 8.20. The van der Waals surface area contributed by atoms with E-state index in [1.54, 1.807) is 15.4 Å². The molecule has 4 heterocycles. The topological polar surface area (TPSA) is 115 Å². The Kier molecular flexibility index (Phi) is 5.27. The van der Waals surface area contributed by atoms with Crippen molar-refractivity contribution in [2.24, 2.45) is 13.0 Å². The molecule has 194 valence electrons. The van der Waals surface area contributed by atoms with Crippen LogP contribution in [0.2, 0.25) is 0 Å². The maximum atomic E-state index is 13.6. The van der Waals surface area contributed by atoms with Crippen LogP contribution in [0.3, 0.4) is 0 Å². The summed E-state index contributed by atoms with van der Waals surface area (Å²) in [5.74, 6) is 0.399. The first-order valence-corrected chi connectivity index (χ1v) is 14.3. The predicted octanol–water partition coefficient (Wildman–Crippen LogP) is 2.41. The van der Waals surface area contributed by atoms with Crippen molar-refractivity contribution in [3.63, 3.8) is 0 Å². The van der Waals surface area contributed by atoms with Crippen molar-refractivity contribution in [1.82, 2.24) is 28.8 Å². The van der Waals surface area contributed by atoms with Gasteiger partial charge in [-0.05, 0) is 43.4 Å². The lowest BCUT2D eigenvalue weighted by molar-refractivity contribution is 0.348. The molecule has 1 unspecified atom stereocenters. The van der Waals surface area contributed by atoms with E-state index in [-0.39, 0.29) is 12.1 Å². The van der Waals surface area contributed by atoms with Crippen LogP contribution in [0.25, 0.3) is 21.9 Å². The number of rotatable bonds is 6. The maximum Gasteiger partial charge on any atom is 0.332 e. The first-order chi connectivity index (χ1) is 17.5. The zero-order valence-corrected chi connectivity index (χ0v) is 22.2. The molecule has 0 bridgehead atoms. The third kappa shape index (κ3) is 3.92. The molecule has 37 heavy (non-hydrogen) atoms. The average molecular weight is 523 g/mol. The number of nitrogens with zero attached hydrogens (tertiary/aromatic N) is 5. The summed E-state index contributed by atoms with van der Waals surface area (Å²) in [7, 11) is -0.0967. The van der Waals surface area contributed by atoms with E-state index in [0.717, 1.165) is 39.4 Å². The molecule has 4 aromatic rings. The van der Waals surface area contributed by atoms with E-state index < -0.39 is 21.4 Å². The zero-order chi connectivity index (χ0) is 26.2.